The number of anilines is 1. The Morgan fingerprint density at radius 2 is 1.18 bits per heavy atom. The molecule has 0 radical (unpaired) electrons. The van der Waals surface area contributed by atoms with Crippen molar-refractivity contribution in [2.24, 2.45) is 0 Å². The monoisotopic (exact) mass is 458 g/mol. The number of halogens is 1. The molecule has 0 bridgehead atoms. The fraction of sp³-hybridized carbons (Fsp3) is 0.185. The van der Waals surface area contributed by atoms with E-state index in [9.17, 15) is 9.59 Å². The number of nitrogens with zero attached hydrogens (tertiary/aromatic N) is 2. The molecule has 0 spiro atoms. The van der Waals surface area contributed by atoms with E-state index in [1.165, 1.54) is 20.9 Å². The van der Waals surface area contributed by atoms with Crippen molar-refractivity contribution in [1.29, 1.82) is 0 Å². The van der Waals surface area contributed by atoms with Gasteiger partial charge < -0.3 is 9.80 Å². The van der Waals surface area contributed by atoms with Crippen molar-refractivity contribution >= 4 is 29.1 Å². The van der Waals surface area contributed by atoms with Gasteiger partial charge in [-0.05, 0) is 12.1 Å². The zero-order chi connectivity index (χ0) is 22.8. The van der Waals surface area contributed by atoms with Gasteiger partial charge in [0.1, 0.15) is 16.8 Å². The number of quaternary nitrogens is 1. The second-order valence-electron chi connectivity index (χ2n) is 8.34. The molecule has 0 saturated carbocycles. The van der Waals surface area contributed by atoms with Gasteiger partial charge in [0.15, 0.2) is 0 Å². The van der Waals surface area contributed by atoms with Crippen molar-refractivity contribution in [1.82, 2.24) is 4.90 Å². The van der Waals surface area contributed by atoms with Crippen molar-refractivity contribution in [3.05, 3.63) is 113 Å². The van der Waals surface area contributed by atoms with Gasteiger partial charge in [0.05, 0.1) is 31.9 Å². The molecule has 2 aliphatic heterocycles. The summed E-state index contributed by atoms with van der Waals surface area (Å²) in [5, 5.41) is 0.00923. The molecule has 3 aromatic rings. The van der Waals surface area contributed by atoms with E-state index in [1.54, 1.807) is 24.3 Å². The van der Waals surface area contributed by atoms with Crippen LogP contribution < -0.4 is 9.80 Å². The third-order valence-corrected chi connectivity index (χ3v) is 6.76. The quantitative estimate of drug-likeness (QED) is 0.598. The van der Waals surface area contributed by atoms with Gasteiger partial charge in [0.25, 0.3) is 11.8 Å². The highest BCUT2D eigenvalue weighted by Gasteiger charge is 2.43. The Kier molecular flexibility index (Phi) is 5.99. The van der Waals surface area contributed by atoms with E-state index in [0.29, 0.717) is 24.5 Å². The molecule has 1 fully saturated rings. The summed E-state index contributed by atoms with van der Waals surface area (Å²) in [5.74, 6) is -0.800. The molecule has 0 aliphatic carbocycles. The van der Waals surface area contributed by atoms with Crippen LogP contribution >= 0.6 is 11.6 Å². The van der Waals surface area contributed by atoms with Crippen LogP contribution in [0, 0.1) is 0 Å². The maximum atomic E-state index is 13.2. The Labute approximate surface area is 198 Å². The summed E-state index contributed by atoms with van der Waals surface area (Å²) >= 11 is 6.41. The minimum Gasteiger partial charge on any atom is -0.354 e. The first kappa shape index (κ1) is 21.4. The highest BCUT2D eigenvalue weighted by Crippen LogP contribution is 2.31. The number of piperazine rings is 1. The number of benzene rings is 3. The maximum Gasteiger partial charge on any atom is 0.283 e. The van der Waals surface area contributed by atoms with Crippen LogP contribution in [0.5, 0.6) is 0 Å². The van der Waals surface area contributed by atoms with Gasteiger partial charge >= 0.3 is 0 Å². The topological polar surface area (TPSA) is 45.1 Å². The lowest BCUT2D eigenvalue weighted by Crippen LogP contribution is -3.15. The number of carbonyl (C=O) groups excluding carboxylic acids is 2. The van der Waals surface area contributed by atoms with Gasteiger partial charge in [-0.15, -0.1) is 0 Å². The second-order valence-corrected chi connectivity index (χ2v) is 8.72. The summed E-state index contributed by atoms with van der Waals surface area (Å²) in [6.45, 7) is 2.96. The first-order valence-corrected chi connectivity index (χ1v) is 11.6. The molecule has 2 amide bonds. The predicted molar refractivity (Wildman–Crippen MR) is 129 cm³/mol. The van der Waals surface area contributed by atoms with Crippen LogP contribution in [0.2, 0.25) is 0 Å². The van der Waals surface area contributed by atoms with E-state index in [2.05, 4.69) is 48.5 Å². The van der Waals surface area contributed by atoms with Gasteiger partial charge in [-0.1, -0.05) is 90.5 Å². The van der Waals surface area contributed by atoms with Gasteiger partial charge in [-0.3, -0.25) is 9.59 Å². The molecule has 2 heterocycles. The van der Waals surface area contributed by atoms with E-state index in [-0.39, 0.29) is 17.0 Å². The van der Waals surface area contributed by atoms with Crippen LogP contribution in [-0.2, 0) is 9.59 Å². The molecular weight excluding hydrogens is 434 g/mol. The van der Waals surface area contributed by atoms with Gasteiger partial charge in [0.2, 0.25) is 0 Å². The van der Waals surface area contributed by atoms with Crippen molar-refractivity contribution < 1.29 is 14.5 Å². The van der Waals surface area contributed by atoms with E-state index in [0.717, 1.165) is 13.1 Å². The molecule has 6 heteroatoms. The Hall–Kier alpha value is -3.41. The molecule has 1 saturated heterocycles. The summed E-state index contributed by atoms with van der Waals surface area (Å²) in [6.07, 6.45) is 0. The summed E-state index contributed by atoms with van der Waals surface area (Å²) < 4.78 is 0. The summed E-state index contributed by atoms with van der Waals surface area (Å²) in [6, 6.07) is 30.2. The van der Waals surface area contributed by atoms with E-state index < -0.39 is 5.91 Å². The molecule has 166 valence electrons. The highest BCUT2D eigenvalue weighted by atomic mass is 35.5. The average molecular weight is 459 g/mol. The first-order valence-electron chi connectivity index (χ1n) is 11.2. The Morgan fingerprint density at radius 1 is 0.697 bits per heavy atom. The molecule has 2 aliphatic rings. The SMILES string of the molecule is O=C1C(Cl)=C(N2CC[NH+](C(c3ccccc3)c3ccccc3)CC2)C(=O)N1c1ccccc1. The Bertz CT molecular complexity index is 1130. The summed E-state index contributed by atoms with van der Waals surface area (Å²) in [4.78, 5) is 30.6. The van der Waals surface area contributed by atoms with Gasteiger partial charge in [-0.25, -0.2) is 4.90 Å². The summed E-state index contributed by atoms with van der Waals surface area (Å²) in [7, 11) is 0. The number of nitrogens with one attached hydrogen (secondary N) is 1. The number of hydrogen-bond acceptors (Lipinski definition) is 3. The molecule has 3 aromatic carbocycles. The van der Waals surface area contributed by atoms with Crippen LogP contribution in [0.3, 0.4) is 0 Å². The minimum absolute atomic E-state index is 0.00923. The molecule has 5 nitrogen and oxygen atoms in total. The minimum atomic E-state index is -0.455. The van der Waals surface area contributed by atoms with Crippen LogP contribution in [0.25, 0.3) is 0 Å². The van der Waals surface area contributed by atoms with Gasteiger partial charge in [-0.2, -0.15) is 0 Å². The maximum absolute atomic E-state index is 13.2. The lowest BCUT2D eigenvalue weighted by molar-refractivity contribution is -0.929. The number of para-hydroxylation sites is 1. The van der Waals surface area contributed by atoms with Crippen molar-refractivity contribution in [2.75, 3.05) is 31.1 Å². The standard InChI is InChI=1S/C27H24ClN3O2/c28-23-25(27(33)31(26(23)32)22-14-8-3-9-15-22)30-18-16-29(17-19-30)24(20-10-4-1-5-11-20)21-12-6-2-7-13-21/h1-15,24H,16-19H2/p+1. The summed E-state index contributed by atoms with van der Waals surface area (Å²) in [5.41, 5.74) is 3.40. The Morgan fingerprint density at radius 3 is 1.70 bits per heavy atom. The smallest absolute Gasteiger partial charge is 0.283 e. The molecule has 0 atom stereocenters. The van der Waals surface area contributed by atoms with Crippen molar-refractivity contribution in [3.63, 3.8) is 0 Å². The molecule has 33 heavy (non-hydrogen) atoms. The van der Waals surface area contributed by atoms with Crippen molar-refractivity contribution in [2.45, 2.75) is 6.04 Å². The molecule has 0 unspecified atom stereocenters. The third kappa shape index (κ3) is 4.06. The molecule has 5 rings (SSSR count). The van der Waals surface area contributed by atoms with Crippen LogP contribution in [0.1, 0.15) is 17.2 Å². The average Bonchev–Trinajstić information content (AvgIpc) is 3.09. The normalized spacial score (nSPS) is 17.4. The number of rotatable bonds is 5. The third-order valence-electron chi connectivity index (χ3n) is 6.41. The number of carbonyl (C=O) groups is 2. The lowest BCUT2D eigenvalue weighted by Gasteiger charge is -2.38. The fourth-order valence-corrected chi connectivity index (χ4v) is 5.12. The first-order chi connectivity index (χ1) is 16.1. The lowest BCUT2D eigenvalue weighted by atomic mass is 9.96. The molecular formula is C27H25ClN3O2+. The highest BCUT2D eigenvalue weighted by molar-refractivity contribution is 6.52. The predicted octanol–water partition coefficient (Wildman–Crippen LogP) is 3.00. The van der Waals surface area contributed by atoms with Crippen LogP contribution in [0.15, 0.2) is 102 Å². The van der Waals surface area contributed by atoms with Crippen molar-refractivity contribution in [3.8, 4) is 0 Å². The van der Waals surface area contributed by atoms with E-state index in [4.69, 9.17) is 11.6 Å². The largest absolute Gasteiger partial charge is 0.354 e. The van der Waals surface area contributed by atoms with E-state index >= 15 is 0 Å². The fourth-order valence-electron chi connectivity index (χ4n) is 4.84. The Balaban J connectivity index is 1.36. The van der Waals surface area contributed by atoms with E-state index in [1.807, 2.05) is 23.1 Å². The second kappa shape index (κ2) is 9.22. The number of imide groups is 1. The van der Waals surface area contributed by atoms with Crippen LogP contribution in [-0.4, -0.2) is 42.9 Å². The number of amides is 2. The van der Waals surface area contributed by atoms with Crippen LogP contribution in [0.4, 0.5) is 5.69 Å². The zero-order valence-corrected chi connectivity index (χ0v) is 18.9. The zero-order valence-electron chi connectivity index (χ0n) is 18.2. The number of hydrogen-bond donors (Lipinski definition) is 1. The molecule has 1 N–H and O–H groups in total. The molecule has 0 aromatic heterocycles. The van der Waals surface area contributed by atoms with Gasteiger partial charge in [0, 0.05) is 11.1 Å².